The third-order valence-corrected chi connectivity index (χ3v) is 4.66. The first-order chi connectivity index (χ1) is 11.3. The molecule has 0 unspecified atom stereocenters. The lowest BCUT2D eigenvalue weighted by molar-refractivity contribution is -0.119. The maximum Gasteiger partial charge on any atom is 0.294 e. The van der Waals surface area contributed by atoms with E-state index in [4.69, 9.17) is 29.0 Å². The van der Waals surface area contributed by atoms with Crippen molar-refractivity contribution in [2.45, 2.75) is 25.0 Å². The highest BCUT2D eigenvalue weighted by atomic mass is 35.5. The molecule has 3 N–H and O–H groups in total. The highest BCUT2D eigenvalue weighted by Crippen LogP contribution is 2.26. The molecule has 1 atom stereocenters. The van der Waals surface area contributed by atoms with E-state index in [1.807, 2.05) is 6.92 Å². The average molecular weight is 388 g/mol. The standard InChI is InChI=1S/C14H15Cl2N5O2S/c1-7(10-4-3-9(15)5-11(10)16)18-12(22)6-24-14-20-19-8(2)13(23)21(14)17/h3-5,7H,6,17H2,1-2H3,(H,18,22)/t7-/m1/s1. The van der Waals surface area contributed by atoms with Gasteiger partial charge in [0.25, 0.3) is 5.56 Å². The fourth-order valence-electron chi connectivity index (χ4n) is 1.91. The number of amides is 1. The van der Waals surface area contributed by atoms with Crippen LogP contribution in [0.5, 0.6) is 0 Å². The van der Waals surface area contributed by atoms with Crippen molar-refractivity contribution in [3.8, 4) is 0 Å². The van der Waals surface area contributed by atoms with E-state index in [2.05, 4.69) is 15.5 Å². The summed E-state index contributed by atoms with van der Waals surface area (Å²) in [5.74, 6) is 5.39. The number of thioether (sulfide) groups is 1. The summed E-state index contributed by atoms with van der Waals surface area (Å²) in [5.41, 5.74) is 0.497. The predicted octanol–water partition coefficient (Wildman–Crippen LogP) is 1.94. The number of rotatable bonds is 5. The van der Waals surface area contributed by atoms with Crippen LogP contribution >= 0.6 is 35.0 Å². The Morgan fingerprint density at radius 2 is 2.12 bits per heavy atom. The zero-order chi connectivity index (χ0) is 17.9. The molecule has 0 fully saturated rings. The topological polar surface area (TPSA) is 103 Å². The van der Waals surface area contributed by atoms with E-state index in [1.165, 1.54) is 6.92 Å². The van der Waals surface area contributed by atoms with Crippen LogP contribution in [-0.2, 0) is 4.79 Å². The Hall–Kier alpha value is -1.77. The second-order valence-electron chi connectivity index (χ2n) is 4.99. The number of aryl methyl sites for hydroxylation is 1. The molecule has 0 aliphatic rings. The van der Waals surface area contributed by atoms with Crippen molar-refractivity contribution in [3.05, 3.63) is 49.9 Å². The Balaban J connectivity index is 1.98. The van der Waals surface area contributed by atoms with Crippen LogP contribution in [0.3, 0.4) is 0 Å². The van der Waals surface area contributed by atoms with E-state index in [0.717, 1.165) is 22.0 Å². The van der Waals surface area contributed by atoms with Crippen LogP contribution in [-0.4, -0.2) is 26.5 Å². The number of nitrogens with zero attached hydrogens (tertiary/aromatic N) is 3. The van der Waals surface area contributed by atoms with Gasteiger partial charge in [-0.05, 0) is 31.5 Å². The van der Waals surface area contributed by atoms with E-state index in [9.17, 15) is 9.59 Å². The third kappa shape index (κ3) is 4.40. The number of nitrogen functional groups attached to an aromatic ring is 1. The van der Waals surface area contributed by atoms with Crippen LogP contribution in [0.2, 0.25) is 10.0 Å². The molecule has 2 rings (SSSR count). The van der Waals surface area contributed by atoms with E-state index < -0.39 is 5.56 Å². The number of hydrogen-bond donors (Lipinski definition) is 2. The van der Waals surface area contributed by atoms with Gasteiger partial charge in [-0.3, -0.25) is 9.59 Å². The lowest BCUT2D eigenvalue weighted by Crippen LogP contribution is -2.33. The van der Waals surface area contributed by atoms with E-state index in [1.54, 1.807) is 18.2 Å². The zero-order valence-electron chi connectivity index (χ0n) is 12.9. The maximum atomic E-state index is 12.1. The van der Waals surface area contributed by atoms with Gasteiger partial charge in [-0.1, -0.05) is 41.0 Å². The van der Waals surface area contributed by atoms with Gasteiger partial charge in [0.15, 0.2) is 0 Å². The highest BCUT2D eigenvalue weighted by Gasteiger charge is 2.15. The molecule has 0 saturated heterocycles. The third-order valence-electron chi connectivity index (χ3n) is 3.16. The number of aromatic nitrogens is 3. The minimum Gasteiger partial charge on any atom is -0.349 e. The number of benzene rings is 1. The molecule has 128 valence electrons. The number of carbonyl (C=O) groups is 1. The lowest BCUT2D eigenvalue weighted by atomic mass is 10.1. The number of nitrogens with two attached hydrogens (primary N) is 1. The fraction of sp³-hybridized carbons (Fsp3) is 0.286. The summed E-state index contributed by atoms with van der Waals surface area (Å²) in [7, 11) is 0. The molecule has 0 spiro atoms. The normalized spacial score (nSPS) is 12.0. The summed E-state index contributed by atoms with van der Waals surface area (Å²) >= 11 is 13.0. The molecule has 0 bridgehead atoms. The summed E-state index contributed by atoms with van der Waals surface area (Å²) in [5, 5.41) is 11.5. The largest absolute Gasteiger partial charge is 0.349 e. The fourth-order valence-corrected chi connectivity index (χ4v) is 3.15. The Labute approximate surface area is 152 Å². The van der Waals surface area contributed by atoms with Crippen LogP contribution in [0.15, 0.2) is 28.2 Å². The monoisotopic (exact) mass is 387 g/mol. The summed E-state index contributed by atoms with van der Waals surface area (Å²) in [6, 6.07) is 4.78. The molecular weight excluding hydrogens is 373 g/mol. The highest BCUT2D eigenvalue weighted by molar-refractivity contribution is 7.99. The number of nitrogens with one attached hydrogen (secondary N) is 1. The second kappa shape index (κ2) is 7.87. The summed E-state index contributed by atoms with van der Waals surface area (Å²) in [6.45, 7) is 3.32. The molecule has 0 aliphatic carbocycles. The molecule has 0 saturated carbocycles. The van der Waals surface area contributed by atoms with Crippen LogP contribution in [0.25, 0.3) is 0 Å². The van der Waals surface area contributed by atoms with Crippen molar-refractivity contribution in [2.75, 3.05) is 11.6 Å². The van der Waals surface area contributed by atoms with Crippen LogP contribution in [0.1, 0.15) is 24.2 Å². The lowest BCUT2D eigenvalue weighted by Gasteiger charge is -2.16. The zero-order valence-corrected chi connectivity index (χ0v) is 15.2. The molecule has 1 aromatic carbocycles. The average Bonchev–Trinajstić information content (AvgIpc) is 2.51. The van der Waals surface area contributed by atoms with Crippen molar-refractivity contribution < 1.29 is 4.79 Å². The van der Waals surface area contributed by atoms with Crippen LogP contribution in [0, 0.1) is 6.92 Å². The van der Waals surface area contributed by atoms with Crippen LogP contribution in [0.4, 0.5) is 0 Å². The summed E-state index contributed by atoms with van der Waals surface area (Å²) in [4.78, 5) is 23.7. The molecular formula is C14H15Cl2N5O2S. The molecule has 2 aromatic rings. The molecule has 0 aliphatic heterocycles. The minimum absolute atomic E-state index is 0.0317. The second-order valence-corrected chi connectivity index (χ2v) is 6.77. The van der Waals surface area contributed by atoms with Crippen molar-refractivity contribution in [3.63, 3.8) is 0 Å². The molecule has 24 heavy (non-hydrogen) atoms. The van der Waals surface area contributed by atoms with Crippen molar-refractivity contribution in [2.24, 2.45) is 0 Å². The Morgan fingerprint density at radius 1 is 1.42 bits per heavy atom. The van der Waals surface area contributed by atoms with Crippen molar-refractivity contribution in [1.82, 2.24) is 20.2 Å². The molecule has 1 amide bonds. The van der Waals surface area contributed by atoms with Gasteiger partial charge in [0.2, 0.25) is 11.1 Å². The van der Waals surface area contributed by atoms with Crippen molar-refractivity contribution >= 4 is 40.9 Å². The van der Waals surface area contributed by atoms with E-state index in [0.29, 0.717) is 10.0 Å². The number of hydrogen-bond acceptors (Lipinski definition) is 6. The SMILES string of the molecule is Cc1nnc(SCC(=O)N[C@H](C)c2ccc(Cl)cc2Cl)n(N)c1=O. The first-order valence-corrected chi connectivity index (χ1v) is 8.62. The summed E-state index contributed by atoms with van der Waals surface area (Å²) in [6.07, 6.45) is 0. The van der Waals surface area contributed by atoms with Crippen molar-refractivity contribution in [1.29, 1.82) is 0 Å². The molecule has 1 aromatic heterocycles. The van der Waals surface area contributed by atoms with Crippen LogP contribution < -0.4 is 16.7 Å². The molecule has 7 nitrogen and oxygen atoms in total. The van der Waals surface area contributed by atoms with E-state index >= 15 is 0 Å². The predicted molar refractivity (Wildman–Crippen MR) is 94.9 cm³/mol. The number of carbonyl (C=O) groups excluding carboxylic acids is 1. The maximum absolute atomic E-state index is 12.1. The van der Waals surface area contributed by atoms with Gasteiger partial charge in [0.1, 0.15) is 5.69 Å². The van der Waals surface area contributed by atoms with Gasteiger partial charge in [-0.15, -0.1) is 10.2 Å². The minimum atomic E-state index is -0.450. The Kier molecular flexibility index (Phi) is 6.09. The van der Waals surface area contributed by atoms with Gasteiger partial charge < -0.3 is 11.2 Å². The first kappa shape index (κ1) is 18.6. The Morgan fingerprint density at radius 3 is 2.79 bits per heavy atom. The van der Waals surface area contributed by atoms with E-state index in [-0.39, 0.29) is 28.6 Å². The smallest absolute Gasteiger partial charge is 0.294 e. The molecule has 10 heteroatoms. The molecule has 1 heterocycles. The summed E-state index contributed by atoms with van der Waals surface area (Å²) < 4.78 is 0.875. The molecule has 0 radical (unpaired) electrons. The number of halogens is 2. The van der Waals surface area contributed by atoms with Gasteiger partial charge in [-0.25, -0.2) is 0 Å². The van der Waals surface area contributed by atoms with Gasteiger partial charge in [0.05, 0.1) is 11.8 Å². The van der Waals surface area contributed by atoms with Gasteiger partial charge >= 0.3 is 0 Å². The van der Waals surface area contributed by atoms with Gasteiger partial charge in [-0.2, -0.15) is 4.68 Å². The van der Waals surface area contributed by atoms with Gasteiger partial charge in [0, 0.05) is 10.0 Å². The quantitative estimate of drug-likeness (QED) is 0.600. The Bertz CT molecular complexity index is 827. The first-order valence-electron chi connectivity index (χ1n) is 6.88.